The fraction of sp³-hybridized carbons (Fsp3) is 0.0385. The molecule has 10 aromatic rings. The number of aromatic nitrogens is 4. The molecule has 10 rings (SSSR count). The minimum absolute atomic E-state index is 0.564. The first-order valence-electron chi connectivity index (χ1n) is 20.8. The molecule has 0 aliphatic heterocycles. The van der Waals surface area contributed by atoms with Crippen molar-refractivity contribution in [2.24, 2.45) is 9.71 Å². The van der Waals surface area contributed by atoms with E-state index < -0.39 is 14.1 Å². The van der Waals surface area contributed by atoms with E-state index in [1.807, 2.05) is 33.8 Å². The molecule has 0 saturated carbocycles. The van der Waals surface area contributed by atoms with Crippen LogP contribution in [0, 0.1) is 0 Å². The lowest BCUT2D eigenvalue weighted by molar-refractivity contribution is 0.758. The van der Waals surface area contributed by atoms with Gasteiger partial charge >= 0.3 is 0 Å². The Balaban J connectivity index is 1.07. The predicted octanol–water partition coefficient (Wildman–Crippen LogP) is 9.79. The fourth-order valence-corrected chi connectivity index (χ4v) is 15.0. The summed E-state index contributed by atoms with van der Waals surface area (Å²) in [6, 6.07) is 80.4. The van der Waals surface area contributed by atoms with Crippen molar-refractivity contribution in [2.75, 3.05) is 23.7 Å². The van der Waals surface area contributed by atoms with Gasteiger partial charge in [0.25, 0.3) is 0 Å². The molecular formula is C52H44N8P2. The van der Waals surface area contributed by atoms with Crippen molar-refractivity contribution in [1.29, 1.82) is 0 Å². The van der Waals surface area contributed by atoms with Crippen molar-refractivity contribution in [2.45, 2.75) is 0 Å². The number of rotatable bonds is 13. The summed E-state index contributed by atoms with van der Waals surface area (Å²) in [5, 5.41) is 26.7. The van der Waals surface area contributed by atoms with Crippen molar-refractivity contribution < 1.29 is 0 Å². The third-order valence-corrected chi connectivity index (χ3v) is 18.2. The topological polar surface area (TPSA) is 84.4 Å². The lowest BCUT2D eigenvalue weighted by Gasteiger charge is -2.26. The zero-order valence-electron chi connectivity index (χ0n) is 33.9. The van der Waals surface area contributed by atoms with Gasteiger partial charge < -0.3 is 10.6 Å². The van der Waals surface area contributed by atoms with Gasteiger partial charge in [0, 0.05) is 55.7 Å². The van der Waals surface area contributed by atoms with Crippen LogP contribution in [0.3, 0.4) is 0 Å². The van der Waals surface area contributed by atoms with E-state index in [1.54, 1.807) is 0 Å². The summed E-state index contributed by atoms with van der Waals surface area (Å²) in [5.41, 5.74) is 1.73. The maximum absolute atomic E-state index is 5.76. The highest BCUT2D eigenvalue weighted by molar-refractivity contribution is 7.87. The Bertz CT molecular complexity index is 2770. The van der Waals surface area contributed by atoms with E-state index in [9.17, 15) is 0 Å². The van der Waals surface area contributed by atoms with Crippen molar-refractivity contribution in [3.8, 4) is 0 Å². The molecule has 2 N–H and O–H groups in total. The maximum atomic E-state index is 5.76. The van der Waals surface area contributed by atoms with Crippen molar-refractivity contribution in [3.05, 3.63) is 231 Å². The van der Waals surface area contributed by atoms with Crippen LogP contribution in [-0.2, 0) is 0 Å². The van der Waals surface area contributed by atoms with Gasteiger partial charge in [-0.3, -0.25) is 0 Å². The van der Waals surface area contributed by atoms with Crippen LogP contribution in [0.2, 0.25) is 0 Å². The predicted molar refractivity (Wildman–Crippen MR) is 262 cm³/mol. The first-order chi connectivity index (χ1) is 30.7. The van der Waals surface area contributed by atoms with E-state index in [0.717, 1.165) is 65.3 Å². The summed E-state index contributed by atoms with van der Waals surface area (Å²) in [7, 11) is -5.24. The van der Waals surface area contributed by atoms with Crippen molar-refractivity contribution in [3.63, 3.8) is 0 Å². The first-order valence-corrected chi connectivity index (χ1v) is 24.2. The number of nitrogens with zero attached hydrogens (tertiary/aromatic N) is 6. The lowest BCUT2D eigenvalue weighted by atomic mass is 10.2. The van der Waals surface area contributed by atoms with Gasteiger partial charge in [-0.15, -0.1) is 19.8 Å². The second kappa shape index (κ2) is 17.4. The molecule has 302 valence electrons. The molecule has 10 heteroatoms. The van der Waals surface area contributed by atoms with Gasteiger partial charge in [-0.1, -0.05) is 206 Å². The molecule has 8 aromatic carbocycles. The Morgan fingerprint density at radius 2 is 0.565 bits per heavy atom. The average Bonchev–Trinajstić information content (AvgIpc) is 3.89. The Morgan fingerprint density at radius 1 is 0.323 bits per heavy atom. The van der Waals surface area contributed by atoms with Crippen LogP contribution in [0.25, 0.3) is 21.8 Å². The molecule has 62 heavy (non-hydrogen) atoms. The van der Waals surface area contributed by atoms with Gasteiger partial charge in [-0.05, 0) is 24.3 Å². The van der Waals surface area contributed by atoms with Crippen LogP contribution in [-0.4, -0.2) is 32.9 Å². The van der Waals surface area contributed by atoms with Crippen LogP contribution in [0.5, 0.6) is 0 Å². The second-order valence-electron chi connectivity index (χ2n) is 14.8. The summed E-state index contributed by atoms with van der Waals surface area (Å²) in [5.74, 6) is 1.67. The number of nitrogens with one attached hydrogen (secondary N) is 2. The number of hydrogen-bond donors (Lipinski definition) is 2. The highest BCUT2D eigenvalue weighted by Crippen LogP contribution is 2.48. The second-order valence-corrected chi connectivity index (χ2v) is 20.8. The molecule has 2 heterocycles. The van der Waals surface area contributed by atoms with Crippen molar-refractivity contribution >= 4 is 79.4 Å². The standard InChI is InChI=1S/C52H44N8P2/c1-7-23-41(24-8-1)61(42-25-9-2-10-26-42,43-27-11-3-12-28-43)57-59-51(47-35-19-21-37-49(47)55-59)53-39-40-54-52-48-36-20-22-38-50(48)56-60(52)58-62(44-29-13-4-14-30-44,45-31-15-5-16-32-45)46-33-17-6-18-34-46/h1-38,53-54H,39-40H2. The molecule has 0 unspecified atom stereocenters. The molecular weight excluding hydrogens is 799 g/mol. The first kappa shape index (κ1) is 38.9. The van der Waals surface area contributed by atoms with E-state index >= 15 is 0 Å². The third-order valence-electron chi connectivity index (χ3n) is 11.1. The SMILES string of the molecule is c1ccc(P(=Nn2nc3ccccc3c2NCCNc2c3ccccc3nn2N=P(c2ccccc2)(c2ccccc2)c2ccccc2)(c2ccccc2)c2ccccc2)cc1. The number of fused-ring (bicyclic) bond motifs is 2. The largest absolute Gasteiger partial charge is 0.366 e. The van der Waals surface area contributed by atoms with Gasteiger partial charge in [-0.25, -0.2) is 0 Å². The molecule has 0 spiro atoms. The molecule has 0 aliphatic carbocycles. The zero-order chi connectivity index (χ0) is 41.6. The number of benzene rings is 8. The third kappa shape index (κ3) is 7.24. The molecule has 2 aromatic heterocycles. The van der Waals surface area contributed by atoms with Gasteiger partial charge in [-0.2, -0.15) is 9.71 Å². The summed E-state index contributed by atoms with van der Waals surface area (Å²) in [6.07, 6.45) is 0. The van der Waals surface area contributed by atoms with Gasteiger partial charge in [0.2, 0.25) is 0 Å². The van der Waals surface area contributed by atoms with E-state index in [1.165, 1.54) is 0 Å². The normalized spacial score (nSPS) is 11.7. The van der Waals surface area contributed by atoms with Crippen LogP contribution < -0.4 is 42.5 Å². The van der Waals surface area contributed by atoms with E-state index in [4.69, 9.17) is 19.9 Å². The highest BCUT2D eigenvalue weighted by Gasteiger charge is 2.31. The molecule has 8 nitrogen and oxygen atoms in total. The molecule has 0 bridgehead atoms. The van der Waals surface area contributed by atoms with Gasteiger partial charge in [0.1, 0.15) is 0 Å². The Morgan fingerprint density at radius 3 is 0.839 bits per heavy atom. The summed E-state index contributed by atoms with van der Waals surface area (Å²) >= 11 is 0. The summed E-state index contributed by atoms with van der Waals surface area (Å²) < 4.78 is 0. The molecule has 0 amide bonds. The minimum Gasteiger partial charge on any atom is -0.366 e. The quantitative estimate of drug-likeness (QED) is 0.0895. The van der Waals surface area contributed by atoms with Crippen LogP contribution in [0.4, 0.5) is 11.6 Å². The molecule has 0 fully saturated rings. The Hall–Kier alpha value is -7.24. The minimum atomic E-state index is -2.62. The van der Waals surface area contributed by atoms with Crippen molar-refractivity contribution in [1.82, 2.24) is 19.8 Å². The van der Waals surface area contributed by atoms with Gasteiger partial charge in [0.05, 0.1) is 25.1 Å². The van der Waals surface area contributed by atoms with Crippen LogP contribution in [0.15, 0.2) is 240 Å². The number of anilines is 2. The van der Waals surface area contributed by atoms with E-state index in [-0.39, 0.29) is 0 Å². The Kier molecular flexibility index (Phi) is 10.9. The summed E-state index contributed by atoms with van der Waals surface area (Å²) in [4.78, 5) is 15.2. The van der Waals surface area contributed by atoms with E-state index in [0.29, 0.717) is 13.1 Å². The highest BCUT2D eigenvalue weighted by atomic mass is 31.2. The monoisotopic (exact) mass is 842 g/mol. The van der Waals surface area contributed by atoms with Crippen LogP contribution in [0.1, 0.15) is 0 Å². The Labute approximate surface area is 361 Å². The molecule has 0 atom stereocenters. The molecule has 0 aliphatic rings. The molecule has 0 saturated heterocycles. The van der Waals surface area contributed by atoms with Gasteiger partial charge in [0.15, 0.2) is 11.6 Å². The van der Waals surface area contributed by atoms with Crippen LogP contribution >= 0.6 is 14.1 Å². The lowest BCUT2D eigenvalue weighted by Crippen LogP contribution is -2.26. The number of hydrogen-bond acceptors (Lipinski definition) is 6. The smallest absolute Gasteiger partial charge is 0.158 e. The fourth-order valence-electron chi connectivity index (χ4n) is 8.19. The average molecular weight is 843 g/mol. The summed E-state index contributed by atoms with van der Waals surface area (Å²) in [6.45, 7) is 1.13. The maximum Gasteiger partial charge on any atom is 0.158 e. The van der Waals surface area contributed by atoms with E-state index in [2.05, 4.69) is 217 Å². The zero-order valence-corrected chi connectivity index (χ0v) is 35.7. The molecule has 0 radical (unpaired) electrons.